The van der Waals surface area contributed by atoms with Crippen molar-refractivity contribution < 1.29 is 19.4 Å². The standard InChI is InChI=1S/C13H18O4/c1-4-16-13(15)8-17-12-6-5-11(10(3)14)7-9(12)2/h5-7,10,14H,4,8H2,1-3H3/t10-/m0/s1. The lowest BCUT2D eigenvalue weighted by Crippen LogP contribution is -2.15. The van der Waals surface area contributed by atoms with Gasteiger partial charge in [0.2, 0.25) is 0 Å². The van der Waals surface area contributed by atoms with E-state index in [4.69, 9.17) is 9.47 Å². The fourth-order valence-corrected chi connectivity index (χ4v) is 1.43. The van der Waals surface area contributed by atoms with Crippen LogP contribution >= 0.6 is 0 Å². The lowest BCUT2D eigenvalue weighted by Gasteiger charge is -2.11. The number of hydrogen-bond acceptors (Lipinski definition) is 4. The van der Waals surface area contributed by atoms with E-state index < -0.39 is 6.10 Å². The highest BCUT2D eigenvalue weighted by Gasteiger charge is 2.07. The molecule has 0 spiro atoms. The molecule has 0 aromatic heterocycles. The van der Waals surface area contributed by atoms with E-state index in [-0.39, 0.29) is 12.6 Å². The number of aryl methyl sites for hydroxylation is 1. The summed E-state index contributed by atoms with van der Waals surface area (Å²) in [6.45, 7) is 5.58. The summed E-state index contributed by atoms with van der Waals surface area (Å²) < 4.78 is 10.1. The Balaban J connectivity index is 2.63. The fourth-order valence-electron chi connectivity index (χ4n) is 1.43. The third kappa shape index (κ3) is 4.07. The summed E-state index contributed by atoms with van der Waals surface area (Å²) >= 11 is 0. The first-order valence-electron chi connectivity index (χ1n) is 5.61. The molecular formula is C13H18O4. The number of aliphatic hydroxyl groups is 1. The molecule has 0 amide bonds. The van der Waals surface area contributed by atoms with Gasteiger partial charge in [-0.2, -0.15) is 0 Å². The summed E-state index contributed by atoms with van der Waals surface area (Å²) in [6, 6.07) is 5.36. The van der Waals surface area contributed by atoms with Crippen LogP contribution in [0, 0.1) is 6.92 Å². The first-order valence-corrected chi connectivity index (χ1v) is 5.61. The third-order valence-electron chi connectivity index (χ3n) is 2.33. The van der Waals surface area contributed by atoms with Crippen LogP contribution in [0.2, 0.25) is 0 Å². The predicted octanol–water partition coefficient (Wildman–Crippen LogP) is 1.99. The molecule has 0 fully saturated rings. The maximum absolute atomic E-state index is 11.1. The Morgan fingerprint density at radius 1 is 1.47 bits per heavy atom. The van der Waals surface area contributed by atoms with E-state index in [1.165, 1.54) is 0 Å². The monoisotopic (exact) mass is 238 g/mol. The van der Waals surface area contributed by atoms with E-state index in [0.29, 0.717) is 12.4 Å². The van der Waals surface area contributed by atoms with Gasteiger partial charge in [0, 0.05) is 0 Å². The summed E-state index contributed by atoms with van der Waals surface area (Å²) in [7, 11) is 0. The van der Waals surface area contributed by atoms with Gasteiger partial charge in [0.25, 0.3) is 0 Å². The summed E-state index contributed by atoms with van der Waals surface area (Å²) in [5.41, 5.74) is 1.71. The maximum Gasteiger partial charge on any atom is 0.344 e. The van der Waals surface area contributed by atoms with Crippen molar-refractivity contribution in [1.82, 2.24) is 0 Å². The van der Waals surface area contributed by atoms with Crippen LogP contribution in [0.1, 0.15) is 31.1 Å². The zero-order valence-electron chi connectivity index (χ0n) is 10.4. The highest BCUT2D eigenvalue weighted by Crippen LogP contribution is 2.22. The van der Waals surface area contributed by atoms with Crippen LogP contribution in [0.4, 0.5) is 0 Å². The number of hydrogen-bond donors (Lipinski definition) is 1. The van der Waals surface area contributed by atoms with E-state index in [0.717, 1.165) is 11.1 Å². The third-order valence-corrected chi connectivity index (χ3v) is 2.33. The van der Waals surface area contributed by atoms with Crippen molar-refractivity contribution in [2.24, 2.45) is 0 Å². The molecule has 4 nitrogen and oxygen atoms in total. The van der Waals surface area contributed by atoms with Crippen molar-refractivity contribution in [2.75, 3.05) is 13.2 Å². The van der Waals surface area contributed by atoms with E-state index in [1.54, 1.807) is 26.0 Å². The van der Waals surface area contributed by atoms with E-state index in [2.05, 4.69) is 0 Å². The summed E-state index contributed by atoms with van der Waals surface area (Å²) in [5, 5.41) is 9.41. The summed E-state index contributed by atoms with van der Waals surface area (Å²) in [4.78, 5) is 11.1. The van der Waals surface area contributed by atoms with Gasteiger partial charge >= 0.3 is 5.97 Å². The molecule has 0 aliphatic heterocycles. The Kier molecular flexibility index (Phi) is 4.97. The number of aliphatic hydroxyl groups excluding tert-OH is 1. The summed E-state index contributed by atoms with van der Waals surface area (Å²) in [6.07, 6.45) is -0.507. The van der Waals surface area contributed by atoms with Gasteiger partial charge in [-0.25, -0.2) is 4.79 Å². The Morgan fingerprint density at radius 3 is 2.71 bits per heavy atom. The molecule has 1 rings (SSSR count). The number of carbonyl (C=O) groups is 1. The minimum Gasteiger partial charge on any atom is -0.482 e. The van der Waals surface area contributed by atoms with Crippen LogP contribution < -0.4 is 4.74 Å². The van der Waals surface area contributed by atoms with Gasteiger partial charge in [-0.3, -0.25) is 0 Å². The Hall–Kier alpha value is -1.55. The van der Waals surface area contributed by atoms with Gasteiger partial charge in [-0.15, -0.1) is 0 Å². The highest BCUT2D eigenvalue weighted by molar-refractivity contribution is 5.71. The quantitative estimate of drug-likeness (QED) is 0.797. The molecule has 0 heterocycles. The minimum atomic E-state index is -0.507. The Bertz CT molecular complexity index is 385. The molecule has 0 saturated heterocycles. The largest absolute Gasteiger partial charge is 0.482 e. The van der Waals surface area contributed by atoms with Crippen LogP contribution in [0.5, 0.6) is 5.75 Å². The molecule has 1 aromatic carbocycles. The summed E-state index contributed by atoms with van der Waals surface area (Å²) in [5.74, 6) is 0.244. The fraction of sp³-hybridized carbons (Fsp3) is 0.462. The van der Waals surface area contributed by atoms with Gasteiger partial charge in [0.05, 0.1) is 12.7 Å². The van der Waals surface area contributed by atoms with Crippen LogP contribution in [-0.4, -0.2) is 24.3 Å². The second-order valence-electron chi connectivity index (χ2n) is 3.79. The van der Waals surface area contributed by atoms with Crippen molar-refractivity contribution in [3.8, 4) is 5.75 Å². The average Bonchev–Trinajstić information content (AvgIpc) is 2.27. The molecule has 1 N–H and O–H groups in total. The van der Waals surface area contributed by atoms with Crippen molar-refractivity contribution in [3.05, 3.63) is 29.3 Å². The smallest absolute Gasteiger partial charge is 0.344 e. The van der Waals surface area contributed by atoms with Crippen LogP contribution in [0.15, 0.2) is 18.2 Å². The molecular weight excluding hydrogens is 220 g/mol. The molecule has 17 heavy (non-hydrogen) atoms. The second-order valence-corrected chi connectivity index (χ2v) is 3.79. The first kappa shape index (κ1) is 13.5. The van der Waals surface area contributed by atoms with Crippen LogP contribution in [0.3, 0.4) is 0 Å². The van der Waals surface area contributed by atoms with Crippen molar-refractivity contribution in [2.45, 2.75) is 26.9 Å². The second kappa shape index (κ2) is 6.25. The number of benzene rings is 1. The Labute approximate surface area is 101 Å². The molecule has 0 aliphatic rings. The van der Waals surface area contributed by atoms with E-state index >= 15 is 0 Å². The molecule has 0 aliphatic carbocycles. The molecule has 4 heteroatoms. The van der Waals surface area contributed by atoms with Gasteiger partial charge in [0.1, 0.15) is 5.75 Å². The lowest BCUT2D eigenvalue weighted by molar-refractivity contribution is -0.145. The van der Waals surface area contributed by atoms with Crippen LogP contribution in [-0.2, 0) is 9.53 Å². The average molecular weight is 238 g/mol. The number of rotatable bonds is 5. The molecule has 0 saturated carbocycles. The van der Waals surface area contributed by atoms with Crippen molar-refractivity contribution >= 4 is 5.97 Å². The first-order chi connectivity index (χ1) is 8.04. The number of esters is 1. The normalized spacial score (nSPS) is 12.0. The van der Waals surface area contributed by atoms with Gasteiger partial charge in [-0.05, 0) is 44.0 Å². The molecule has 94 valence electrons. The zero-order chi connectivity index (χ0) is 12.8. The zero-order valence-corrected chi connectivity index (χ0v) is 10.4. The molecule has 1 aromatic rings. The minimum absolute atomic E-state index is 0.0945. The van der Waals surface area contributed by atoms with E-state index in [9.17, 15) is 9.90 Å². The SMILES string of the molecule is CCOC(=O)COc1ccc([C@H](C)O)cc1C. The van der Waals surface area contributed by atoms with Gasteiger partial charge < -0.3 is 14.6 Å². The van der Waals surface area contributed by atoms with Gasteiger partial charge in [-0.1, -0.05) is 6.07 Å². The molecule has 0 radical (unpaired) electrons. The molecule has 0 unspecified atom stereocenters. The highest BCUT2D eigenvalue weighted by atomic mass is 16.6. The molecule has 1 atom stereocenters. The van der Waals surface area contributed by atoms with Crippen LogP contribution in [0.25, 0.3) is 0 Å². The number of ether oxygens (including phenoxy) is 2. The lowest BCUT2D eigenvalue weighted by atomic mass is 10.1. The molecule has 0 bridgehead atoms. The van der Waals surface area contributed by atoms with Gasteiger partial charge in [0.15, 0.2) is 6.61 Å². The van der Waals surface area contributed by atoms with Crippen molar-refractivity contribution in [1.29, 1.82) is 0 Å². The topological polar surface area (TPSA) is 55.8 Å². The maximum atomic E-state index is 11.1. The van der Waals surface area contributed by atoms with E-state index in [1.807, 2.05) is 13.0 Å². The predicted molar refractivity (Wildman–Crippen MR) is 63.9 cm³/mol. The van der Waals surface area contributed by atoms with Crippen molar-refractivity contribution in [3.63, 3.8) is 0 Å². The number of carbonyl (C=O) groups excluding carboxylic acids is 1. The Morgan fingerprint density at radius 2 is 2.18 bits per heavy atom.